The predicted molar refractivity (Wildman–Crippen MR) is 216 cm³/mol. The van der Waals surface area contributed by atoms with E-state index in [1.54, 1.807) is 18.5 Å². The number of carbonyl (C=O) groups is 2. The van der Waals surface area contributed by atoms with Crippen molar-refractivity contribution in [2.45, 2.75) is 77.7 Å². The van der Waals surface area contributed by atoms with Crippen molar-refractivity contribution in [2.24, 2.45) is 0 Å². The van der Waals surface area contributed by atoms with Gasteiger partial charge in [-0.15, -0.1) is 11.3 Å². The van der Waals surface area contributed by atoms with Gasteiger partial charge in [-0.1, -0.05) is 89.8 Å². The number of unbranched alkanes of at least 4 members (excludes halogenated alkanes) is 4. The van der Waals surface area contributed by atoms with E-state index >= 15 is 0 Å². The minimum Gasteiger partial charge on any atom is -0.494 e. The molecule has 5 aromatic rings. The SMILES string of the molecule is CCCCCCCOc1ccc(-c2cnc(-c3ccc(C[C@H](NC(=O)c4ccc(C(C)(C)C)s4)C(=O)N4CCN(c5ncccn5)CC4)cc3)nc2)cc1. The van der Waals surface area contributed by atoms with E-state index in [1.165, 1.54) is 37.0 Å². The van der Waals surface area contributed by atoms with Crippen LogP contribution in [0.2, 0.25) is 0 Å². The van der Waals surface area contributed by atoms with Crippen molar-refractivity contribution in [3.05, 3.63) is 107 Å². The Balaban J connectivity index is 1.10. The fourth-order valence-electron chi connectivity index (χ4n) is 6.39. The lowest BCUT2D eigenvalue weighted by molar-refractivity contribution is -0.133. The van der Waals surface area contributed by atoms with Gasteiger partial charge in [0.2, 0.25) is 11.9 Å². The summed E-state index contributed by atoms with van der Waals surface area (Å²) in [4.78, 5) is 51.3. The molecule has 0 unspecified atom stereocenters. The predicted octanol–water partition coefficient (Wildman–Crippen LogP) is 8.00. The standard InChI is InChI=1S/C43H51N7O3S/c1-5-6-7-8-9-27-53-35-17-15-32(16-18-35)34-29-46-39(47-30-34)33-13-11-31(12-14-33)28-36(48-40(51)37-19-20-38(54-37)43(2,3)4)41(52)49-23-25-50(26-24-49)42-44-21-10-22-45-42/h10-22,29-30,36H,5-9,23-28H2,1-4H3,(H,48,51)/t36-/m0/s1. The number of piperazine rings is 1. The molecular formula is C43H51N7O3S. The molecule has 1 aliphatic heterocycles. The summed E-state index contributed by atoms with van der Waals surface area (Å²) in [6.45, 7) is 11.6. The van der Waals surface area contributed by atoms with Crippen molar-refractivity contribution in [1.82, 2.24) is 30.2 Å². The summed E-state index contributed by atoms with van der Waals surface area (Å²) in [6, 6.07) is 20.9. The summed E-state index contributed by atoms with van der Waals surface area (Å²) in [6.07, 6.45) is 13.5. The van der Waals surface area contributed by atoms with E-state index < -0.39 is 6.04 Å². The lowest BCUT2D eigenvalue weighted by Crippen LogP contribution is -2.55. The quantitative estimate of drug-likeness (QED) is 0.107. The van der Waals surface area contributed by atoms with Crippen LogP contribution < -0.4 is 15.0 Å². The van der Waals surface area contributed by atoms with Gasteiger partial charge in [-0.3, -0.25) is 9.59 Å². The van der Waals surface area contributed by atoms with E-state index in [0.717, 1.165) is 45.9 Å². The lowest BCUT2D eigenvalue weighted by atomic mass is 9.95. The van der Waals surface area contributed by atoms with Crippen LogP contribution >= 0.6 is 11.3 Å². The Morgan fingerprint density at radius 2 is 1.46 bits per heavy atom. The fourth-order valence-corrected chi connectivity index (χ4v) is 7.35. The molecule has 2 amide bonds. The smallest absolute Gasteiger partial charge is 0.262 e. The van der Waals surface area contributed by atoms with E-state index in [1.807, 2.05) is 78.0 Å². The van der Waals surface area contributed by atoms with E-state index in [9.17, 15) is 9.59 Å². The zero-order chi connectivity index (χ0) is 37.9. The molecule has 0 radical (unpaired) electrons. The third-order valence-electron chi connectivity index (χ3n) is 9.61. The minimum atomic E-state index is -0.735. The van der Waals surface area contributed by atoms with Crippen LogP contribution in [0.1, 0.15) is 79.9 Å². The fraction of sp³-hybridized carbons (Fsp3) is 0.395. The van der Waals surface area contributed by atoms with E-state index in [-0.39, 0.29) is 17.2 Å². The molecule has 3 aromatic heterocycles. The molecule has 2 aromatic carbocycles. The molecule has 11 heteroatoms. The molecule has 1 N–H and O–H groups in total. The van der Waals surface area contributed by atoms with Gasteiger partial charge >= 0.3 is 0 Å². The highest BCUT2D eigenvalue weighted by molar-refractivity contribution is 7.14. The first kappa shape index (κ1) is 38.6. The van der Waals surface area contributed by atoms with Gasteiger partial charge in [-0.25, -0.2) is 19.9 Å². The Bertz CT molecular complexity index is 1930. The number of hydrogen-bond acceptors (Lipinski definition) is 9. The Labute approximate surface area is 323 Å². The van der Waals surface area contributed by atoms with Crippen molar-refractivity contribution >= 4 is 29.1 Å². The molecular weight excluding hydrogens is 695 g/mol. The molecule has 1 atom stereocenters. The number of ether oxygens (including phenoxy) is 1. The zero-order valence-corrected chi connectivity index (χ0v) is 32.6. The minimum absolute atomic E-state index is 0.0694. The second kappa shape index (κ2) is 18.2. The lowest BCUT2D eigenvalue weighted by Gasteiger charge is -2.36. The highest BCUT2D eigenvalue weighted by Crippen LogP contribution is 2.30. The monoisotopic (exact) mass is 745 g/mol. The highest BCUT2D eigenvalue weighted by atomic mass is 32.1. The summed E-state index contributed by atoms with van der Waals surface area (Å²) >= 11 is 1.47. The summed E-state index contributed by atoms with van der Waals surface area (Å²) in [7, 11) is 0. The van der Waals surface area contributed by atoms with Crippen molar-refractivity contribution in [3.8, 4) is 28.3 Å². The number of nitrogens with one attached hydrogen (secondary N) is 1. The molecule has 4 heterocycles. The average molecular weight is 746 g/mol. The number of carbonyl (C=O) groups excluding carboxylic acids is 2. The van der Waals surface area contributed by atoms with Crippen LogP contribution in [0, 0.1) is 0 Å². The van der Waals surface area contributed by atoms with Crippen LogP contribution in [-0.4, -0.2) is 75.5 Å². The first-order valence-electron chi connectivity index (χ1n) is 19.0. The van der Waals surface area contributed by atoms with E-state index in [0.29, 0.717) is 49.2 Å². The van der Waals surface area contributed by atoms with E-state index in [2.05, 4.69) is 57.8 Å². The maximum Gasteiger partial charge on any atom is 0.262 e. The van der Waals surface area contributed by atoms with Gasteiger partial charge in [-0.2, -0.15) is 0 Å². The van der Waals surface area contributed by atoms with Gasteiger partial charge in [0.15, 0.2) is 5.82 Å². The second-order valence-corrected chi connectivity index (χ2v) is 15.9. The summed E-state index contributed by atoms with van der Waals surface area (Å²) in [5.41, 5.74) is 3.68. The van der Waals surface area contributed by atoms with Crippen LogP contribution in [0.5, 0.6) is 5.75 Å². The highest BCUT2D eigenvalue weighted by Gasteiger charge is 2.30. The number of benzene rings is 2. The van der Waals surface area contributed by atoms with Gasteiger partial charge in [0.1, 0.15) is 11.8 Å². The Morgan fingerprint density at radius 3 is 2.11 bits per heavy atom. The number of hydrogen-bond donors (Lipinski definition) is 1. The molecule has 54 heavy (non-hydrogen) atoms. The third kappa shape index (κ3) is 10.3. The summed E-state index contributed by atoms with van der Waals surface area (Å²) in [5.74, 6) is 1.80. The first-order valence-corrected chi connectivity index (χ1v) is 19.9. The second-order valence-electron chi connectivity index (χ2n) is 14.8. The maximum atomic E-state index is 14.1. The zero-order valence-electron chi connectivity index (χ0n) is 31.8. The maximum absolute atomic E-state index is 14.1. The van der Waals surface area contributed by atoms with Gasteiger partial charge in [-0.05, 0) is 53.3 Å². The molecule has 0 saturated carbocycles. The third-order valence-corrected chi connectivity index (χ3v) is 11.1. The Hall–Kier alpha value is -5.16. The number of anilines is 1. The number of amides is 2. The Kier molecular flexibility index (Phi) is 13.0. The van der Waals surface area contributed by atoms with E-state index in [4.69, 9.17) is 4.74 Å². The van der Waals surface area contributed by atoms with Gasteiger partial charge in [0, 0.05) is 73.4 Å². The molecule has 10 nitrogen and oxygen atoms in total. The molecule has 0 bridgehead atoms. The van der Waals surface area contributed by atoms with Crippen LogP contribution in [0.25, 0.3) is 22.5 Å². The van der Waals surface area contributed by atoms with Crippen molar-refractivity contribution < 1.29 is 14.3 Å². The van der Waals surface area contributed by atoms with Crippen molar-refractivity contribution in [2.75, 3.05) is 37.7 Å². The normalized spacial score (nSPS) is 13.8. The average Bonchev–Trinajstić information content (AvgIpc) is 3.72. The van der Waals surface area contributed by atoms with Crippen molar-refractivity contribution in [3.63, 3.8) is 0 Å². The van der Waals surface area contributed by atoms with Crippen LogP contribution in [0.15, 0.2) is 91.5 Å². The molecule has 0 aliphatic carbocycles. The van der Waals surface area contributed by atoms with Crippen molar-refractivity contribution in [1.29, 1.82) is 0 Å². The van der Waals surface area contributed by atoms with Gasteiger partial charge in [0.05, 0.1) is 11.5 Å². The topological polar surface area (TPSA) is 113 Å². The van der Waals surface area contributed by atoms with Gasteiger partial charge in [0.25, 0.3) is 5.91 Å². The molecule has 1 saturated heterocycles. The molecule has 6 rings (SSSR count). The molecule has 1 fully saturated rings. The number of thiophene rings is 1. The van der Waals surface area contributed by atoms with Crippen LogP contribution in [0.3, 0.4) is 0 Å². The number of nitrogens with zero attached hydrogens (tertiary/aromatic N) is 6. The van der Waals surface area contributed by atoms with Crippen LogP contribution in [0.4, 0.5) is 5.95 Å². The Morgan fingerprint density at radius 1 is 0.796 bits per heavy atom. The van der Waals surface area contributed by atoms with Gasteiger partial charge < -0.3 is 19.9 Å². The number of rotatable bonds is 15. The largest absolute Gasteiger partial charge is 0.494 e. The molecule has 1 aliphatic rings. The summed E-state index contributed by atoms with van der Waals surface area (Å²) < 4.78 is 5.92. The molecule has 282 valence electrons. The molecule has 0 spiro atoms. The first-order chi connectivity index (χ1) is 26.2. The van der Waals surface area contributed by atoms with Crippen LogP contribution in [-0.2, 0) is 16.6 Å². The summed E-state index contributed by atoms with van der Waals surface area (Å²) in [5, 5.41) is 3.09. The number of aromatic nitrogens is 4.